The van der Waals surface area contributed by atoms with Gasteiger partial charge in [-0.25, -0.2) is 0 Å². The van der Waals surface area contributed by atoms with Gasteiger partial charge in [-0.3, -0.25) is 0 Å². The molecule has 8 aromatic carbocycles. The molecule has 10 rings (SSSR count). The summed E-state index contributed by atoms with van der Waals surface area (Å²) in [5, 5.41) is 0. The summed E-state index contributed by atoms with van der Waals surface area (Å²) in [6.45, 7) is 4.60. The average Bonchev–Trinajstić information content (AvgIpc) is 3.68. The monoisotopic (exact) mass is 745 g/mol. The maximum absolute atomic E-state index is 13.4. The van der Waals surface area contributed by atoms with Crippen LogP contribution in [0, 0.1) is 0 Å². The van der Waals surface area contributed by atoms with E-state index in [1.54, 1.807) is 12.1 Å². The van der Waals surface area contributed by atoms with Crippen molar-refractivity contribution in [3.63, 3.8) is 0 Å². The van der Waals surface area contributed by atoms with E-state index in [-0.39, 0.29) is 5.41 Å². The van der Waals surface area contributed by atoms with Crippen LogP contribution in [0.1, 0.15) is 52.8 Å². The lowest BCUT2D eigenvalue weighted by molar-refractivity contribution is -0.137. The van der Waals surface area contributed by atoms with Crippen LogP contribution in [0.2, 0.25) is 0 Å². The van der Waals surface area contributed by atoms with Gasteiger partial charge in [0.05, 0.1) is 16.7 Å². The summed E-state index contributed by atoms with van der Waals surface area (Å²) in [7, 11) is 0. The molecule has 2 aliphatic rings. The van der Waals surface area contributed by atoms with E-state index in [0.29, 0.717) is 0 Å². The van der Waals surface area contributed by atoms with E-state index in [2.05, 4.69) is 176 Å². The van der Waals surface area contributed by atoms with Crippen molar-refractivity contribution in [3.05, 3.63) is 233 Å². The molecule has 0 radical (unpaired) electrons. The highest BCUT2D eigenvalue weighted by molar-refractivity contribution is 5.98. The van der Waals surface area contributed by atoms with Gasteiger partial charge in [0.2, 0.25) is 0 Å². The third-order valence-corrected chi connectivity index (χ3v) is 12.2. The number of rotatable bonds is 6. The number of nitrogens with zero attached hydrogens (tertiary/aromatic N) is 1. The summed E-state index contributed by atoms with van der Waals surface area (Å²) >= 11 is 0. The standard InChI is InChI=1S/C53H38F3N/c1-51(2)45-20-11-9-18-42(45)43-33-32-41(34-48(43)51)57(40-30-26-36(27-31-40)35-24-28-39(29-25-35)53(54,55)56)49-23-13-22-47-50(49)44-19-10-12-21-46(44)52(47,37-14-5-3-6-15-37)38-16-7-4-8-17-38/h3-34H,1-2H3. The highest BCUT2D eigenvalue weighted by Crippen LogP contribution is 2.60. The number of alkyl halides is 3. The first kappa shape index (κ1) is 34.8. The van der Waals surface area contributed by atoms with E-state index in [0.717, 1.165) is 45.9 Å². The topological polar surface area (TPSA) is 3.24 Å². The summed E-state index contributed by atoms with van der Waals surface area (Å²) in [4.78, 5) is 2.36. The van der Waals surface area contributed by atoms with Crippen molar-refractivity contribution < 1.29 is 13.2 Å². The molecule has 0 saturated heterocycles. The Morgan fingerprint density at radius 3 is 1.56 bits per heavy atom. The summed E-state index contributed by atoms with van der Waals surface area (Å²) in [6, 6.07) is 66.2. The van der Waals surface area contributed by atoms with E-state index >= 15 is 0 Å². The van der Waals surface area contributed by atoms with Crippen LogP contribution in [0.3, 0.4) is 0 Å². The van der Waals surface area contributed by atoms with Gasteiger partial charge in [-0.15, -0.1) is 0 Å². The van der Waals surface area contributed by atoms with Crippen LogP contribution in [-0.2, 0) is 17.0 Å². The Morgan fingerprint density at radius 2 is 0.930 bits per heavy atom. The van der Waals surface area contributed by atoms with Gasteiger partial charge >= 0.3 is 6.18 Å². The minimum absolute atomic E-state index is 0.207. The van der Waals surface area contributed by atoms with E-state index in [4.69, 9.17) is 0 Å². The summed E-state index contributed by atoms with van der Waals surface area (Å²) in [5.41, 5.74) is 15.4. The first-order valence-corrected chi connectivity index (χ1v) is 19.3. The molecule has 0 amide bonds. The van der Waals surface area contributed by atoms with E-state index < -0.39 is 17.2 Å². The summed E-state index contributed by atoms with van der Waals surface area (Å²) in [5.74, 6) is 0. The minimum Gasteiger partial charge on any atom is -0.310 e. The summed E-state index contributed by atoms with van der Waals surface area (Å²) < 4.78 is 40.3. The van der Waals surface area contributed by atoms with Gasteiger partial charge < -0.3 is 4.90 Å². The molecule has 0 N–H and O–H groups in total. The lowest BCUT2D eigenvalue weighted by Crippen LogP contribution is -2.28. The molecule has 8 aromatic rings. The van der Waals surface area contributed by atoms with Crippen LogP contribution >= 0.6 is 0 Å². The zero-order chi connectivity index (χ0) is 38.9. The van der Waals surface area contributed by atoms with Gasteiger partial charge in [0.25, 0.3) is 0 Å². The molecule has 0 spiro atoms. The van der Waals surface area contributed by atoms with Crippen molar-refractivity contribution in [2.75, 3.05) is 4.90 Å². The minimum atomic E-state index is -4.39. The van der Waals surface area contributed by atoms with Crippen LogP contribution < -0.4 is 4.90 Å². The Kier molecular flexibility index (Phi) is 7.92. The molecule has 0 aliphatic heterocycles. The van der Waals surface area contributed by atoms with Crippen molar-refractivity contribution in [3.8, 4) is 33.4 Å². The molecular formula is C53H38F3N. The molecule has 1 nitrogen and oxygen atoms in total. The molecule has 2 aliphatic carbocycles. The van der Waals surface area contributed by atoms with E-state index in [1.165, 1.54) is 50.1 Å². The van der Waals surface area contributed by atoms with Gasteiger partial charge in [0.15, 0.2) is 0 Å². The zero-order valence-electron chi connectivity index (χ0n) is 31.6. The van der Waals surface area contributed by atoms with Crippen molar-refractivity contribution in [2.24, 2.45) is 0 Å². The van der Waals surface area contributed by atoms with Gasteiger partial charge in [0, 0.05) is 22.4 Å². The highest BCUT2D eigenvalue weighted by atomic mass is 19.4. The van der Waals surface area contributed by atoms with Crippen molar-refractivity contribution in [1.29, 1.82) is 0 Å². The van der Waals surface area contributed by atoms with Crippen molar-refractivity contribution in [1.82, 2.24) is 0 Å². The number of hydrogen-bond donors (Lipinski definition) is 0. The van der Waals surface area contributed by atoms with Gasteiger partial charge in [0.1, 0.15) is 0 Å². The van der Waals surface area contributed by atoms with Gasteiger partial charge in [-0.2, -0.15) is 13.2 Å². The molecule has 4 heteroatoms. The Balaban J connectivity index is 1.21. The molecule has 57 heavy (non-hydrogen) atoms. The fourth-order valence-corrected chi connectivity index (χ4v) is 9.57. The Morgan fingerprint density at radius 1 is 0.421 bits per heavy atom. The first-order chi connectivity index (χ1) is 27.7. The van der Waals surface area contributed by atoms with E-state index in [1.807, 2.05) is 12.1 Å². The zero-order valence-corrected chi connectivity index (χ0v) is 31.6. The predicted molar refractivity (Wildman–Crippen MR) is 226 cm³/mol. The highest BCUT2D eigenvalue weighted by Gasteiger charge is 2.47. The van der Waals surface area contributed by atoms with Crippen LogP contribution in [0.4, 0.5) is 30.2 Å². The molecule has 0 unspecified atom stereocenters. The first-order valence-electron chi connectivity index (χ1n) is 19.3. The second-order valence-electron chi connectivity index (χ2n) is 15.6. The molecular weight excluding hydrogens is 708 g/mol. The molecule has 0 fully saturated rings. The van der Waals surface area contributed by atoms with Crippen LogP contribution in [-0.4, -0.2) is 0 Å². The van der Waals surface area contributed by atoms with Crippen LogP contribution in [0.15, 0.2) is 194 Å². The number of fused-ring (bicyclic) bond motifs is 6. The SMILES string of the molecule is CC1(C)c2ccccc2-c2ccc(N(c3ccc(-c4ccc(C(F)(F)F)cc4)cc3)c3cccc4c3-c3ccccc3C4(c3ccccc3)c3ccccc3)cc21. The maximum atomic E-state index is 13.4. The molecule has 0 saturated carbocycles. The smallest absolute Gasteiger partial charge is 0.310 e. The van der Waals surface area contributed by atoms with Crippen LogP contribution in [0.25, 0.3) is 33.4 Å². The Hall–Kier alpha value is -6.65. The van der Waals surface area contributed by atoms with Crippen molar-refractivity contribution >= 4 is 17.1 Å². The third-order valence-electron chi connectivity index (χ3n) is 12.2. The lowest BCUT2D eigenvalue weighted by atomic mass is 9.68. The van der Waals surface area contributed by atoms with E-state index in [9.17, 15) is 13.2 Å². The quantitative estimate of drug-likeness (QED) is 0.164. The second-order valence-corrected chi connectivity index (χ2v) is 15.6. The third kappa shape index (κ3) is 5.31. The van der Waals surface area contributed by atoms with Crippen LogP contribution in [0.5, 0.6) is 0 Å². The Bertz CT molecular complexity index is 2740. The molecule has 0 aromatic heterocycles. The molecule has 0 heterocycles. The number of hydrogen-bond acceptors (Lipinski definition) is 1. The second kappa shape index (κ2) is 13.0. The number of benzene rings is 8. The average molecular weight is 746 g/mol. The largest absolute Gasteiger partial charge is 0.416 e. The fourth-order valence-electron chi connectivity index (χ4n) is 9.57. The summed E-state index contributed by atoms with van der Waals surface area (Å²) in [6.07, 6.45) is -4.39. The number of halogens is 3. The number of anilines is 3. The lowest BCUT2D eigenvalue weighted by Gasteiger charge is -2.34. The molecule has 0 bridgehead atoms. The van der Waals surface area contributed by atoms with Crippen molar-refractivity contribution in [2.45, 2.75) is 30.9 Å². The van der Waals surface area contributed by atoms with Gasteiger partial charge in [-0.1, -0.05) is 166 Å². The normalized spacial score (nSPS) is 14.3. The van der Waals surface area contributed by atoms with Gasteiger partial charge in [-0.05, 0) is 104 Å². The molecule has 276 valence electrons. The predicted octanol–water partition coefficient (Wildman–Crippen LogP) is 14.5. The fraction of sp³-hybridized carbons (Fsp3) is 0.0943. The maximum Gasteiger partial charge on any atom is 0.416 e. The Labute approximate surface area is 331 Å². The molecule has 0 atom stereocenters.